The van der Waals surface area contributed by atoms with Crippen molar-refractivity contribution in [3.05, 3.63) is 132 Å². The fraction of sp³-hybridized carbons (Fsp3) is 0.0455. The normalized spacial score (nSPS) is 12.8. The highest BCUT2D eigenvalue weighted by Gasteiger charge is 2.25. The van der Waals surface area contributed by atoms with Crippen molar-refractivity contribution in [3.63, 3.8) is 0 Å². The SMILES string of the molecule is Cc1cc2cc3c4ccccc4c4cc5cc6c(cc5cc4c3cc2cc1C)-c1ccc2ccc3cccc4cc-6c1c2c34. The Balaban J connectivity index is 1.28. The van der Waals surface area contributed by atoms with Gasteiger partial charge in [-0.15, -0.1) is 0 Å². The first-order chi connectivity index (χ1) is 21.6. The van der Waals surface area contributed by atoms with Crippen molar-refractivity contribution in [1.82, 2.24) is 0 Å². The van der Waals surface area contributed by atoms with Crippen LogP contribution in [0.3, 0.4) is 0 Å². The Morgan fingerprint density at radius 1 is 0.273 bits per heavy atom. The second-order valence-electron chi connectivity index (χ2n) is 13.0. The molecular weight excluding hydrogens is 528 g/mol. The van der Waals surface area contributed by atoms with Crippen molar-refractivity contribution < 1.29 is 0 Å². The molecule has 0 bridgehead atoms. The van der Waals surface area contributed by atoms with Gasteiger partial charge >= 0.3 is 0 Å². The number of aryl methyl sites for hydroxylation is 2. The van der Waals surface area contributed by atoms with Gasteiger partial charge in [0.15, 0.2) is 0 Å². The van der Waals surface area contributed by atoms with Crippen LogP contribution < -0.4 is 0 Å². The average molecular weight is 555 g/mol. The van der Waals surface area contributed by atoms with Crippen LogP contribution >= 0.6 is 0 Å². The van der Waals surface area contributed by atoms with E-state index in [-0.39, 0.29) is 0 Å². The van der Waals surface area contributed by atoms with Gasteiger partial charge in [-0.2, -0.15) is 0 Å². The van der Waals surface area contributed by atoms with Gasteiger partial charge in [-0.1, -0.05) is 78.9 Å². The molecule has 0 heterocycles. The molecule has 44 heavy (non-hydrogen) atoms. The van der Waals surface area contributed by atoms with Crippen LogP contribution in [0.25, 0.3) is 108 Å². The lowest BCUT2D eigenvalue weighted by atomic mass is 9.89. The molecule has 0 radical (unpaired) electrons. The van der Waals surface area contributed by atoms with E-state index in [0.717, 1.165) is 0 Å². The summed E-state index contributed by atoms with van der Waals surface area (Å²) >= 11 is 0. The molecule has 0 atom stereocenters. The van der Waals surface area contributed by atoms with Crippen LogP contribution in [0.15, 0.2) is 121 Å². The van der Waals surface area contributed by atoms with Crippen molar-refractivity contribution >= 4 is 86.2 Å². The summed E-state index contributed by atoms with van der Waals surface area (Å²) in [5, 5.41) is 21.4. The fourth-order valence-electron chi connectivity index (χ4n) is 8.50. The highest BCUT2D eigenvalue weighted by atomic mass is 14.3. The van der Waals surface area contributed by atoms with Crippen LogP contribution in [0, 0.1) is 13.8 Å². The van der Waals surface area contributed by atoms with E-state index < -0.39 is 0 Å². The number of benzene rings is 10. The van der Waals surface area contributed by atoms with Gasteiger partial charge in [-0.05, 0) is 176 Å². The van der Waals surface area contributed by atoms with Crippen LogP contribution in [0.5, 0.6) is 0 Å². The minimum Gasteiger partial charge on any atom is -0.0616 e. The Labute approximate surface area is 254 Å². The Hall–Kier alpha value is -5.46. The Kier molecular flexibility index (Phi) is 4.05. The van der Waals surface area contributed by atoms with E-state index in [0.29, 0.717) is 0 Å². The molecule has 0 heteroatoms. The summed E-state index contributed by atoms with van der Waals surface area (Å²) in [5.41, 5.74) is 8.13. The zero-order valence-electron chi connectivity index (χ0n) is 24.5. The summed E-state index contributed by atoms with van der Waals surface area (Å²) in [4.78, 5) is 0. The molecule has 0 N–H and O–H groups in total. The first-order valence-corrected chi connectivity index (χ1v) is 15.6. The molecule has 11 rings (SSSR count). The monoisotopic (exact) mass is 554 g/mol. The highest BCUT2D eigenvalue weighted by molar-refractivity contribution is 6.33. The standard InChI is InChI=1S/C44H26/c1-23-14-28-17-35-32-8-3-4-9-33(32)36-19-30-22-40-37(20-31(30)21-39(36)38(35)18-29(28)15-24(23)2)34-13-12-26-11-10-25-6-5-7-27-16-41(40)44(34)43(26)42(25)27/h3-22H,1-2H3. The van der Waals surface area contributed by atoms with Crippen molar-refractivity contribution in [2.75, 3.05) is 0 Å². The van der Waals surface area contributed by atoms with E-state index in [4.69, 9.17) is 0 Å². The van der Waals surface area contributed by atoms with E-state index in [1.165, 1.54) is 120 Å². The van der Waals surface area contributed by atoms with E-state index in [9.17, 15) is 0 Å². The van der Waals surface area contributed by atoms with Crippen LogP contribution in [0.2, 0.25) is 0 Å². The summed E-state index contributed by atoms with van der Waals surface area (Å²) in [6.45, 7) is 4.43. The van der Waals surface area contributed by atoms with Crippen molar-refractivity contribution in [3.8, 4) is 22.3 Å². The van der Waals surface area contributed by atoms with Crippen LogP contribution in [0.4, 0.5) is 0 Å². The second-order valence-corrected chi connectivity index (χ2v) is 13.0. The average Bonchev–Trinajstić information content (AvgIpc) is 3.36. The van der Waals surface area contributed by atoms with E-state index in [1.807, 2.05) is 0 Å². The third kappa shape index (κ3) is 2.75. The van der Waals surface area contributed by atoms with E-state index in [1.54, 1.807) is 0 Å². The van der Waals surface area contributed by atoms with Gasteiger partial charge in [0.2, 0.25) is 0 Å². The summed E-state index contributed by atoms with van der Waals surface area (Å²) in [7, 11) is 0. The molecule has 1 aliphatic carbocycles. The predicted octanol–water partition coefficient (Wildman–Crippen LogP) is 12.6. The molecule has 0 unspecified atom stereocenters. The quantitative estimate of drug-likeness (QED) is 0.129. The van der Waals surface area contributed by atoms with Crippen molar-refractivity contribution in [1.29, 1.82) is 0 Å². The topological polar surface area (TPSA) is 0 Å². The number of fused-ring (bicyclic) bond motifs is 11. The first-order valence-electron chi connectivity index (χ1n) is 15.6. The summed E-state index contributed by atoms with van der Waals surface area (Å²) in [6.07, 6.45) is 0. The third-order valence-electron chi connectivity index (χ3n) is 10.7. The molecule has 10 aromatic carbocycles. The van der Waals surface area contributed by atoms with Crippen molar-refractivity contribution in [2.24, 2.45) is 0 Å². The van der Waals surface area contributed by atoms with Gasteiger partial charge in [-0.25, -0.2) is 0 Å². The molecule has 0 amide bonds. The Morgan fingerprint density at radius 2 is 0.750 bits per heavy atom. The van der Waals surface area contributed by atoms with Crippen LogP contribution in [-0.4, -0.2) is 0 Å². The van der Waals surface area contributed by atoms with Crippen molar-refractivity contribution in [2.45, 2.75) is 13.8 Å². The lowest BCUT2D eigenvalue weighted by Gasteiger charge is -2.14. The molecule has 0 saturated heterocycles. The van der Waals surface area contributed by atoms with Crippen LogP contribution in [-0.2, 0) is 0 Å². The molecule has 0 aliphatic heterocycles. The zero-order chi connectivity index (χ0) is 28.8. The van der Waals surface area contributed by atoms with Gasteiger partial charge < -0.3 is 0 Å². The summed E-state index contributed by atoms with van der Waals surface area (Å²) in [5.74, 6) is 0. The molecule has 0 nitrogen and oxygen atoms in total. The molecule has 0 saturated carbocycles. The molecular formula is C44H26. The Morgan fingerprint density at radius 3 is 1.39 bits per heavy atom. The maximum absolute atomic E-state index is 2.46. The number of rotatable bonds is 0. The summed E-state index contributed by atoms with van der Waals surface area (Å²) < 4.78 is 0. The second kappa shape index (κ2) is 7.73. The van der Waals surface area contributed by atoms with Gasteiger partial charge in [0.25, 0.3) is 0 Å². The molecule has 0 spiro atoms. The van der Waals surface area contributed by atoms with Crippen LogP contribution in [0.1, 0.15) is 11.1 Å². The lowest BCUT2D eigenvalue weighted by Crippen LogP contribution is -1.88. The van der Waals surface area contributed by atoms with Gasteiger partial charge in [0.1, 0.15) is 0 Å². The molecule has 0 aromatic heterocycles. The molecule has 10 aromatic rings. The maximum atomic E-state index is 2.46. The minimum absolute atomic E-state index is 1.30. The lowest BCUT2D eigenvalue weighted by molar-refractivity contribution is 1.37. The largest absolute Gasteiger partial charge is 0.0616 e. The predicted molar refractivity (Wildman–Crippen MR) is 192 cm³/mol. The smallest absolute Gasteiger partial charge is 0.00137 e. The van der Waals surface area contributed by atoms with E-state index >= 15 is 0 Å². The van der Waals surface area contributed by atoms with E-state index in [2.05, 4.69) is 135 Å². The zero-order valence-corrected chi connectivity index (χ0v) is 24.5. The summed E-state index contributed by atoms with van der Waals surface area (Å²) in [6, 6.07) is 46.7. The fourth-order valence-corrected chi connectivity index (χ4v) is 8.50. The molecule has 1 aliphatic rings. The Bertz CT molecular complexity index is 2940. The molecule has 0 fully saturated rings. The van der Waals surface area contributed by atoms with Gasteiger partial charge in [-0.3, -0.25) is 0 Å². The first kappa shape index (κ1) is 23.1. The van der Waals surface area contributed by atoms with Gasteiger partial charge in [0, 0.05) is 0 Å². The minimum atomic E-state index is 1.30. The van der Waals surface area contributed by atoms with Gasteiger partial charge in [0.05, 0.1) is 0 Å². The molecule has 202 valence electrons. The maximum Gasteiger partial charge on any atom is -0.00137 e. The number of hydrogen-bond donors (Lipinski definition) is 0. The number of hydrogen-bond acceptors (Lipinski definition) is 0. The highest BCUT2D eigenvalue weighted by Crippen LogP contribution is 2.53. The third-order valence-corrected chi connectivity index (χ3v) is 10.7.